The highest BCUT2D eigenvalue weighted by molar-refractivity contribution is 9.10. The first kappa shape index (κ1) is 16.1. The second-order valence-electron chi connectivity index (χ2n) is 4.80. The number of carbonyl (C=O) groups is 1. The van der Waals surface area contributed by atoms with Gasteiger partial charge >= 0.3 is 0 Å². The zero-order chi connectivity index (χ0) is 14.6. The second-order valence-corrected chi connectivity index (χ2v) is 6.16. The van der Waals surface area contributed by atoms with Crippen LogP contribution < -0.4 is 11.1 Å². The van der Waals surface area contributed by atoms with Gasteiger partial charge in [-0.3, -0.25) is 4.79 Å². The van der Waals surface area contributed by atoms with Gasteiger partial charge in [0, 0.05) is 4.47 Å². The molecule has 0 aliphatic heterocycles. The van der Waals surface area contributed by atoms with Crippen LogP contribution >= 0.6 is 28.1 Å². The largest absolute Gasteiger partial charge is 0.392 e. The fraction of sp³-hybridized carbons (Fsp3) is 0.429. The molecular weight excluding hydrogens is 324 g/mol. The topological polar surface area (TPSA) is 55.1 Å². The molecule has 0 bridgehead atoms. The minimum atomic E-state index is -0.796. The van der Waals surface area contributed by atoms with E-state index in [1.165, 1.54) is 0 Å². The third kappa shape index (κ3) is 3.76. The number of benzene rings is 1. The monoisotopic (exact) mass is 342 g/mol. The van der Waals surface area contributed by atoms with Crippen molar-refractivity contribution in [3.05, 3.63) is 34.3 Å². The molecule has 0 saturated heterocycles. The van der Waals surface area contributed by atoms with Crippen molar-refractivity contribution in [1.82, 2.24) is 5.32 Å². The molecule has 0 spiro atoms. The van der Waals surface area contributed by atoms with Crippen molar-refractivity contribution in [3.63, 3.8) is 0 Å². The number of nitrogens with one attached hydrogen (secondary N) is 1. The Balaban J connectivity index is 2.85. The highest BCUT2D eigenvalue weighted by Gasteiger charge is 2.35. The van der Waals surface area contributed by atoms with E-state index in [0.29, 0.717) is 6.42 Å². The van der Waals surface area contributed by atoms with Gasteiger partial charge in [-0.2, -0.15) is 0 Å². The molecule has 0 fully saturated rings. The van der Waals surface area contributed by atoms with Gasteiger partial charge in [-0.25, -0.2) is 0 Å². The van der Waals surface area contributed by atoms with Gasteiger partial charge in [0.05, 0.1) is 16.4 Å². The first-order valence-corrected chi connectivity index (χ1v) is 7.37. The Morgan fingerprint density at radius 2 is 2.21 bits per heavy atom. The van der Waals surface area contributed by atoms with E-state index in [-0.39, 0.29) is 16.9 Å². The molecule has 104 valence electrons. The Kier molecular flexibility index (Phi) is 5.50. The smallest absolute Gasteiger partial charge is 0.233 e. The molecule has 5 heteroatoms. The predicted molar refractivity (Wildman–Crippen MR) is 85.9 cm³/mol. The molecule has 3 N–H and O–H groups in total. The number of hydrogen-bond acceptors (Lipinski definition) is 2. The maximum absolute atomic E-state index is 12.3. The molecule has 1 rings (SSSR count). The van der Waals surface area contributed by atoms with Crippen LogP contribution in [0.4, 0.5) is 0 Å². The fourth-order valence-electron chi connectivity index (χ4n) is 1.66. The summed E-state index contributed by atoms with van der Waals surface area (Å²) in [6.45, 7) is 5.62. The van der Waals surface area contributed by atoms with E-state index in [1.54, 1.807) is 6.92 Å². The third-order valence-corrected chi connectivity index (χ3v) is 4.39. The Morgan fingerprint density at radius 1 is 1.58 bits per heavy atom. The van der Waals surface area contributed by atoms with E-state index in [1.807, 2.05) is 38.1 Å². The molecule has 0 aliphatic rings. The van der Waals surface area contributed by atoms with Crippen LogP contribution in [-0.2, 0) is 4.79 Å². The molecule has 1 aromatic rings. The van der Waals surface area contributed by atoms with Gasteiger partial charge in [-0.15, -0.1) is 0 Å². The normalized spacial score (nSPS) is 15.4. The lowest BCUT2D eigenvalue weighted by Gasteiger charge is -2.27. The Hall–Kier alpha value is -0.940. The number of halogens is 1. The second kappa shape index (κ2) is 6.48. The van der Waals surface area contributed by atoms with Crippen molar-refractivity contribution < 1.29 is 4.79 Å². The molecule has 2 atom stereocenters. The minimum absolute atomic E-state index is 0.0924. The summed E-state index contributed by atoms with van der Waals surface area (Å²) in [5.74, 6) is -0.130. The van der Waals surface area contributed by atoms with Crippen molar-refractivity contribution in [2.75, 3.05) is 0 Å². The van der Waals surface area contributed by atoms with Gasteiger partial charge in [-0.1, -0.05) is 47.2 Å². The standard InChI is InChI=1S/C14H19BrN2OS/c1-4-14(3,12(16)19)13(18)17-9(2)10-6-5-7-11(15)8-10/h5-9H,4H2,1-3H3,(H2,16,19)(H,17,18). The van der Waals surface area contributed by atoms with E-state index in [9.17, 15) is 4.79 Å². The molecule has 3 nitrogen and oxygen atoms in total. The van der Waals surface area contributed by atoms with E-state index in [4.69, 9.17) is 18.0 Å². The zero-order valence-corrected chi connectivity index (χ0v) is 13.8. The maximum atomic E-state index is 12.3. The number of amides is 1. The maximum Gasteiger partial charge on any atom is 0.233 e. The lowest BCUT2D eigenvalue weighted by Crippen LogP contribution is -2.47. The van der Waals surface area contributed by atoms with E-state index in [2.05, 4.69) is 21.2 Å². The summed E-state index contributed by atoms with van der Waals surface area (Å²) in [7, 11) is 0. The summed E-state index contributed by atoms with van der Waals surface area (Å²) in [6.07, 6.45) is 0.583. The number of rotatable bonds is 5. The lowest BCUT2D eigenvalue weighted by molar-refractivity contribution is -0.127. The van der Waals surface area contributed by atoms with E-state index < -0.39 is 5.41 Å². The molecule has 0 aromatic heterocycles. The van der Waals surface area contributed by atoms with Crippen LogP contribution in [0.5, 0.6) is 0 Å². The van der Waals surface area contributed by atoms with Crippen molar-refractivity contribution in [2.24, 2.45) is 11.1 Å². The van der Waals surface area contributed by atoms with Gasteiger partial charge < -0.3 is 11.1 Å². The summed E-state index contributed by atoms with van der Waals surface area (Å²) in [5.41, 5.74) is 5.92. The summed E-state index contributed by atoms with van der Waals surface area (Å²) in [5, 5.41) is 2.97. The Bertz CT molecular complexity index is 492. The van der Waals surface area contributed by atoms with Crippen molar-refractivity contribution in [3.8, 4) is 0 Å². The molecule has 1 amide bonds. The van der Waals surface area contributed by atoms with Crippen LogP contribution in [0.3, 0.4) is 0 Å². The average molecular weight is 343 g/mol. The van der Waals surface area contributed by atoms with Gasteiger partial charge in [0.1, 0.15) is 0 Å². The molecule has 19 heavy (non-hydrogen) atoms. The number of carbonyl (C=O) groups excluding carboxylic acids is 1. The number of hydrogen-bond donors (Lipinski definition) is 2. The van der Waals surface area contributed by atoms with E-state index in [0.717, 1.165) is 10.0 Å². The summed E-state index contributed by atoms with van der Waals surface area (Å²) in [4.78, 5) is 12.5. The van der Waals surface area contributed by atoms with Crippen LogP contribution in [0.15, 0.2) is 28.7 Å². The van der Waals surface area contributed by atoms with Crippen LogP contribution in [0, 0.1) is 5.41 Å². The summed E-state index contributed by atoms with van der Waals surface area (Å²) >= 11 is 8.43. The van der Waals surface area contributed by atoms with Crippen LogP contribution in [0.1, 0.15) is 38.8 Å². The molecule has 0 heterocycles. The highest BCUT2D eigenvalue weighted by Crippen LogP contribution is 2.24. The van der Waals surface area contributed by atoms with Gasteiger partial charge in [0.15, 0.2) is 0 Å². The van der Waals surface area contributed by atoms with Gasteiger partial charge in [0.25, 0.3) is 0 Å². The number of thiocarbonyl (C=S) groups is 1. The van der Waals surface area contributed by atoms with Gasteiger partial charge in [-0.05, 0) is 38.0 Å². The van der Waals surface area contributed by atoms with E-state index >= 15 is 0 Å². The lowest BCUT2D eigenvalue weighted by atomic mass is 9.86. The van der Waals surface area contributed by atoms with Crippen LogP contribution in [0.2, 0.25) is 0 Å². The third-order valence-electron chi connectivity index (χ3n) is 3.45. The molecule has 0 saturated carbocycles. The predicted octanol–water partition coefficient (Wildman–Crippen LogP) is 3.33. The SMILES string of the molecule is CCC(C)(C(=O)NC(C)c1cccc(Br)c1)C(N)=S. The first-order chi connectivity index (χ1) is 8.81. The minimum Gasteiger partial charge on any atom is -0.392 e. The number of nitrogens with two attached hydrogens (primary N) is 1. The molecular formula is C14H19BrN2OS. The summed E-state index contributed by atoms with van der Waals surface area (Å²) < 4.78 is 0.985. The zero-order valence-electron chi connectivity index (χ0n) is 11.4. The average Bonchev–Trinajstić information content (AvgIpc) is 2.37. The Labute approximate surface area is 128 Å². The molecule has 0 aliphatic carbocycles. The van der Waals surface area contributed by atoms with Gasteiger partial charge in [0.2, 0.25) is 5.91 Å². The molecule has 0 radical (unpaired) electrons. The van der Waals surface area contributed by atoms with Crippen molar-refractivity contribution in [2.45, 2.75) is 33.2 Å². The first-order valence-electron chi connectivity index (χ1n) is 6.17. The van der Waals surface area contributed by atoms with Crippen molar-refractivity contribution in [1.29, 1.82) is 0 Å². The quantitative estimate of drug-likeness (QED) is 0.807. The Morgan fingerprint density at radius 3 is 2.68 bits per heavy atom. The van der Waals surface area contributed by atoms with Crippen LogP contribution in [-0.4, -0.2) is 10.9 Å². The fourth-order valence-corrected chi connectivity index (χ4v) is 2.32. The summed E-state index contributed by atoms with van der Waals surface area (Å²) in [6, 6.07) is 7.75. The highest BCUT2D eigenvalue weighted by atomic mass is 79.9. The molecule has 2 unspecified atom stereocenters. The molecule has 1 aromatic carbocycles. The van der Waals surface area contributed by atoms with Crippen molar-refractivity contribution >= 4 is 39.0 Å². The van der Waals surface area contributed by atoms with Crippen LogP contribution in [0.25, 0.3) is 0 Å².